The second-order valence-corrected chi connectivity index (χ2v) is 8.85. The third-order valence-electron chi connectivity index (χ3n) is 6.35. The number of hydrogen-bond acceptors (Lipinski definition) is 6. The first-order valence-electron chi connectivity index (χ1n) is 11.5. The maximum atomic E-state index is 15.1. The Balaban J connectivity index is 1.52. The molecule has 0 fully saturated rings. The van der Waals surface area contributed by atoms with Crippen molar-refractivity contribution in [3.63, 3.8) is 0 Å². The maximum Gasteiger partial charge on any atom is 0.178 e. The van der Waals surface area contributed by atoms with Gasteiger partial charge in [-0.05, 0) is 55.6 Å². The molecule has 172 valence electrons. The molecule has 0 saturated heterocycles. The molecule has 2 aliphatic heterocycles. The predicted molar refractivity (Wildman–Crippen MR) is 127 cm³/mol. The molecule has 7 heteroatoms. The van der Waals surface area contributed by atoms with E-state index < -0.39 is 5.82 Å². The number of rotatable bonds is 5. The number of aromatic nitrogens is 2. The minimum absolute atomic E-state index is 0.226. The van der Waals surface area contributed by atoms with Gasteiger partial charge in [-0.25, -0.2) is 14.4 Å². The molecule has 0 unspecified atom stereocenters. The minimum Gasteiger partial charge on any atom is -0.493 e. The zero-order chi connectivity index (χ0) is 22.9. The van der Waals surface area contributed by atoms with Gasteiger partial charge in [0.2, 0.25) is 0 Å². The standard InChI is InChI=1S/C26H29FN4O2/c1-16(2)31-8-9-33-26-21(27)12-19(13-22(26)31)25-23(32-3)15-29-24(30-25)11-17-4-5-18-6-7-28-14-20(18)10-17/h4-5,10,12-13,15-16,28H,6-9,11,14H2,1-3H3. The summed E-state index contributed by atoms with van der Waals surface area (Å²) in [4.78, 5) is 11.5. The Morgan fingerprint density at radius 2 is 2.09 bits per heavy atom. The first kappa shape index (κ1) is 21.6. The fourth-order valence-corrected chi connectivity index (χ4v) is 4.65. The quantitative estimate of drug-likeness (QED) is 0.633. The number of methoxy groups -OCH3 is 1. The Hall–Kier alpha value is -3.19. The number of nitrogens with one attached hydrogen (secondary N) is 1. The Morgan fingerprint density at radius 3 is 2.91 bits per heavy atom. The highest BCUT2D eigenvalue weighted by atomic mass is 19.1. The highest BCUT2D eigenvalue weighted by Gasteiger charge is 2.26. The second-order valence-electron chi connectivity index (χ2n) is 8.85. The van der Waals surface area contributed by atoms with Crippen molar-refractivity contribution in [3.8, 4) is 22.8 Å². The van der Waals surface area contributed by atoms with Crippen molar-refractivity contribution < 1.29 is 13.9 Å². The van der Waals surface area contributed by atoms with Crippen molar-refractivity contribution in [2.45, 2.75) is 39.3 Å². The highest BCUT2D eigenvalue weighted by molar-refractivity contribution is 5.75. The number of hydrogen-bond donors (Lipinski definition) is 1. The van der Waals surface area contributed by atoms with E-state index in [-0.39, 0.29) is 6.04 Å². The van der Waals surface area contributed by atoms with Crippen molar-refractivity contribution in [1.29, 1.82) is 0 Å². The summed E-state index contributed by atoms with van der Waals surface area (Å²) in [5.41, 5.74) is 5.86. The second kappa shape index (κ2) is 8.98. The molecule has 3 aromatic rings. The summed E-state index contributed by atoms with van der Waals surface area (Å²) in [5.74, 6) is 1.09. The average molecular weight is 449 g/mol. The predicted octanol–water partition coefficient (Wildman–Crippen LogP) is 4.14. The number of anilines is 1. The van der Waals surface area contributed by atoms with Crippen LogP contribution in [0.4, 0.5) is 10.1 Å². The third kappa shape index (κ3) is 4.25. The zero-order valence-electron chi connectivity index (χ0n) is 19.3. The van der Waals surface area contributed by atoms with Crippen LogP contribution in [0.2, 0.25) is 0 Å². The van der Waals surface area contributed by atoms with E-state index >= 15 is 4.39 Å². The zero-order valence-corrected chi connectivity index (χ0v) is 19.3. The molecule has 33 heavy (non-hydrogen) atoms. The van der Waals surface area contributed by atoms with Crippen LogP contribution in [0.15, 0.2) is 36.5 Å². The summed E-state index contributed by atoms with van der Waals surface area (Å²) in [7, 11) is 1.58. The first-order chi connectivity index (χ1) is 16.0. The van der Waals surface area contributed by atoms with Gasteiger partial charge in [-0.2, -0.15) is 0 Å². The van der Waals surface area contributed by atoms with Crippen LogP contribution in [-0.2, 0) is 19.4 Å². The number of fused-ring (bicyclic) bond motifs is 2. The van der Waals surface area contributed by atoms with E-state index in [2.05, 4.69) is 47.2 Å². The summed E-state index contributed by atoms with van der Waals surface area (Å²) in [6.45, 7) is 7.29. The molecule has 0 spiro atoms. The van der Waals surface area contributed by atoms with Crippen molar-refractivity contribution in [1.82, 2.24) is 15.3 Å². The molecule has 3 heterocycles. The number of nitrogens with zero attached hydrogens (tertiary/aromatic N) is 3. The molecular formula is C26H29FN4O2. The van der Waals surface area contributed by atoms with E-state index in [1.165, 1.54) is 17.2 Å². The molecule has 6 nitrogen and oxygen atoms in total. The molecule has 0 radical (unpaired) electrons. The summed E-state index contributed by atoms with van der Waals surface area (Å²) < 4.78 is 26.2. The van der Waals surface area contributed by atoms with E-state index in [1.807, 2.05) is 6.07 Å². The Morgan fingerprint density at radius 1 is 1.21 bits per heavy atom. The van der Waals surface area contributed by atoms with Gasteiger partial charge >= 0.3 is 0 Å². The number of benzene rings is 2. The normalized spacial score (nSPS) is 15.1. The van der Waals surface area contributed by atoms with Crippen LogP contribution in [0, 0.1) is 5.82 Å². The summed E-state index contributed by atoms with van der Waals surface area (Å²) >= 11 is 0. The van der Waals surface area contributed by atoms with Gasteiger partial charge in [0.05, 0.1) is 25.5 Å². The Bertz CT molecular complexity index is 1180. The fraction of sp³-hybridized carbons (Fsp3) is 0.385. The van der Waals surface area contributed by atoms with E-state index in [0.717, 1.165) is 30.8 Å². The molecule has 0 bridgehead atoms. The SMILES string of the molecule is COc1cnc(Cc2ccc3c(c2)CNCC3)nc1-c1cc(F)c2c(c1)N(C(C)C)CCO2. The average Bonchev–Trinajstić information content (AvgIpc) is 2.83. The van der Waals surface area contributed by atoms with Gasteiger partial charge in [-0.15, -0.1) is 0 Å². The molecule has 5 rings (SSSR count). The molecule has 1 aromatic heterocycles. The molecular weight excluding hydrogens is 419 g/mol. The van der Waals surface area contributed by atoms with Gasteiger partial charge in [0, 0.05) is 24.6 Å². The molecule has 0 atom stereocenters. The van der Waals surface area contributed by atoms with E-state index in [0.29, 0.717) is 48.2 Å². The van der Waals surface area contributed by atoms with Gasteiger partial charge in [-0.3, -0.25) is 0 Å². The van der Waals surface area contributed by atoms with Crippen LogP contribution in [0.5, 0.6) is 11.5 Å². The lowest BCUT2D eigenvalue weighted by Gasteiger charge is -2.34. The van der Waals surface area contributed by atoms with Crippen LogP contribution in [0.3, 0.4) is 0 Å². The Kier molecular flexibility index (Phi) is 5.89. The molecule has 0 amide bonds. The minimum atomic E-state index is -0.391. The van der Waals surface area contributed by atoms with Crippen molar-refractivity contribution in [2.75, 3.05) is 31.7 Å². The first-order valence-corrected chi connectivity index (χ1v) is 11.5. The van der Waals surface area contributed by atoms with Gasteiger partial charge in [0.25, 0.3) is 0 Å². The monoisotopic (exact) mass is 448 g/mol. The maximum absolute atomic E-state index is 15.1. The van der Waals surface area contributed by atoms with Crippen molar-refractivity contribution in [3.05, 3.63) is 64.9 Å². The van der Waals surface area contributed by atoms with Crippen LogP contribution < -0.4 is 19.7 Å². The molecule has 0 aliphatic carbocycles. The summed E-state index contributed by atoms with van der Waals surface area (Å²) in [5, 5.41) is 3.42. The summed E-state index contributed by atoms with van der Waals surface area (Å²) in [6, 6.07) is 10.2. The fourth-order valence-electron chi connectivity index (χ4n) is 4.65. The largest absolute Gasteiger partial charge is 0.493 e. The van der Waals surface area contributed by atoms with Gasteiger partial charge in [-0.1, -0.05) is 18.2 Å². The smallest absolute Gasteiger partial charge is 0.178 e. The van der Waals surface area contributed by atoms with Crippen LogP contribution in [-0.4, -0.2) is 42.8 Å². The van der Waals surface area contributed by atoms with Crippen molar-refractivity contribution >= 4 is 5.69 Å². The van der Waals surface area contributed by atoms with Crippen LogP contribution >= 0.6 is 0 Å². The topological polar surface area (TPSA) is 59.5 Å². The third-order valence-corrected chi connectivity index (χ3v) is 6.35. The molecule has 2 aliphatic rings. The lowest BCUT2D eigenvalue weighted by atomic mass is 9.97. The van der Waals surface area contributed by atoms with Gasteiger partial charge in [0.15, 0.2) is 17.3 Å². The van der Waals surface area contributed by atoms with E-state index in [1.54, 1.807) is 13.3 Å². The van der Waals surface area contributed by atoms with Crippen LogP contribution in [0.25, 0.3) is 11.3 Å². The van der Waals surface area contributed by atoms with Crippen molar-refractivity contribution in [2.24, 2.45) is 0 Å². The van der Waals surface area contributed by atoms with E-state index in [4.69, 9.17) is 14.5 Å². The Labute approximate surface area is 193 Å². The lowest BCUT2D eigenvalue weighted by Crippen LogP contribution is -2.38. The molecule has 1 N–H and O–H groups in total. The van der Waals surface area contributed by atoms with Crippen LogP contribution in [0.1, 0.15) is 36.4 Å². The lowest BCUT2D eigenvalue weighted by molar-refractivity contribution is 0.287. The molecule has 0 saturated carbocycles. The highest BCUT2D eigenvalue weighted by Crippen LogP contribution is 2.40. The van der Waals surface area contributed by atoms with Gasteiger partial charge < -0.3 is 19.7 Å². The van der Waals surface area contributed by atoms with E-state index in [9.17, 15) is 0 Å². The van der Waals surface area contributed by atoms with Gasteiger partial charge in [0.1, 0.15) is 18.1 Å². The number of halogens is 1. The molecule has 2 aromatic carbocycles. The number of ether oxygens (including phenoxy) is 2. The summed E-state index contributed by atoms with van der Waals surface area (Å²) in [6.07, 6.45) is 3.32.